The molecule has 0 aromatic rings. The van der Waals surface area contributed by atoms with Crippen LogP contribution in [0.3, 0.4) is 0 Å². The molecule has 2 unspecified atom stereocenters. The van der Waals surface area contributed by atoms with E-state index in [9.17, 15) is 9.59 Å². The highest BCUT2D eigenvalue weighted by molar-refractivity contribution is 5.87. The molecule has 0 aromatic heterocycles. The van der Waals surface area contributed by atoms with Crippen molar-refractivity contribution in [2.75, 3.05) is 20.1 Å². The Labute approximate surface area is 128 Å². The van der Waals surface area contributed by atoms with Crippen molar-refractivity contribution in [3.63, 3.8) is 0 Å². The summed E-state index contributed by atoms with van der Waals surface area (Å²) in [6.45, 7) is 7.26. The second-order valence-electron chi connectivity index (χ2n) is 6.36. The van der Waals surface area contributed by atoms with E-state index in [1.54, 1.807) is 11.9 Å². The Morgan fingerprint density at radius 2 is 2.15 bits per heavy atom. The lowest BCUT2D eigenvalue weighted by atomic mass is 9.88. The van der Waals surface area contributed by atoms with E-state index in [2.05, 4.69) is 19.2 Å². The Morgan fingerprint density at radius 3 is 2.60 bits per heavy atom. The predicted octanol–water partition coefficient (Wildman–Crippen LogP) is 1.16. The molecule has 1 saturated heterocycles. The van der Waals surface area contributed by atoms with Crippen LogP contribution in [-0.4, -0.2) is 42.4 Å². The molecule has 0 radical (unpaired) electrons. The first-order chi connectivity index (χ1) is 8.77. The minimum absolute atomic E-state index is 0. The van der Waals surface area contributed by atoms with Crippen LogP contribution in [0.25, 0.3) is 0 Å². The van der Waals surface area contributed by atoms with Crippen molar-refractivity contribution in [2.24, 2.45) is 17.6 Å². The monoisotopic (exact) mass is 305 g/mol. The highest BCUT2D eigenvalue weighted by atomic mass is 35.5. The normalized spacial score (nSPS) is 22.2. The third-order valence-electron chi connectivity index (χ3n) is 3.76. The standard InChI is InChI=1S/C14H27N3O2.ClH/c1-10(2)8-14(3,9-15)16-13(19)11-5-6-17(4)12(18)7-11;/h10-11H,5-9,15H2,1-4H3,(H,16,19);1H. The predicted molar refractivity (Wildman–Crippen MR) is 82.7 cm³/mol. The van der Waals surface area contributed by atoms with E-state index in [1.807, 2.05) is 6.92 Å². The van der Waals surface area contributed by atoms with Gasteiger partial charge in [-0.15, -0.1) is 12.4 Å². The van der Waals surface area contributed by atoms with Crippen molar-refractivity contribution in [2.45, 2.75) is 45.6 Å². The average Bonchev–Trinajstić information content (AvgIpc) is 2.31. The molecule has 20 heavy (non-hydrogen) atoms. The fourth-order valence-corrected chi connectivity index (χ4v) is 2.65. The summed E-state index contributed by atoms with van der Waals surface area (Å²) in [4.78, 5) is 25.6. The van der Waals surface area contributed by atoms with Crippen LogP contribution in [0.1, 0.15) is 40.0 Å². The number of likely N-dealkylation sites (tertiary alicyclic amines) is 1. The van der Waals surface area contributed by atoms with Crippen LogP contribution in [0.4, 0.5) is 0 Å². The van der Waals surface area contributed by atoms with Crippen LogP contribution in [0.15, 0.2) is 0 Å². The first-order valence-corrected chi connectivity index (χ1v) is 7.03. The molecule has 1 heterocycles. The van der Waals surface area contributed by atoms with Gasteiger partial charge in [-0.2, -0.15) is 0 Å². The van der Waals surface area contributed by atoms with Crippen LogP contribution < -0.4 is 11.1 Å². The second kappa shape index (κ2) is 7.84. The van der Waals surface area contributed by atoms with Crippen LogP contribution >= 0.6 is 12.4 Å². The molecular formula is C14H28ClN3O2. The van der Waals surface area contributed by atoms with Crippen molar-refractivity contribution < 1.29 is 9.59 Å². The molecule has 3 N–H and O–H groups in total. The van der Waals surface area contributed by atoms with Gasteiger partial charge in [-0.3, -0.25) is 9.59 Å². The smallest absolute Gasteiger partial charge is 0.224 e. The number of carbonyl (C=O) groups excluding carboxylic acids is 2. The summed E-state index contributed by atoms with van der Waals surface area (Å²) in [6, 6.07) is 0. The van der Waals surface area contributed by atoms with Gasteiger partial charge in [-0.25, -0.2) is 0 Å². The Kier molecular flexibility index (Phi) is 7.52. The molecule has 2 atom stereocenters. The fraction of sp³-hybridized carbons (Fsp3) is 0.857. The summed E-state index contributed by atoms with van der Waals surface area (Å²) in [5.41, 5.74) is 5.42. The summed E-state index contributed by atoms with van der Waals surface area (Å²) in [6.07, 6.45) is 1.89. The van der Waals surface area contributed by atoms with Gasteiger partial charge in [0, 0.05) is 38.0 Å². The topological polar surface area (TPSA) is 75.4 Å². The van der Waals surface area contributed by atoms with Crippen LogP contribution in [0, 0.1) is 11.8 Å². The van der Waals surface area contributed by atoms with Crippen molar-refractivity contribution in [3.8, 4) is 0 Å². The number of hydrogen-bond donors (Lipinski definition) is 2. The number of nitrogens with zero attached hydrogens (tertiary/aromatic N) is 1. The maximum Gasteiger partial charge on any atom is 0.224 e. The lowest BCUT2D eigenvalue weighted by Gasteiger charge is -2.34. The quantitative estimate of drug-likeness (QED) is 0.800. The molecule has 5 nitrogen and oxygen atoms in total. The number of carbonyl (C=O) groups is 2. The van der Waals surface area contributed by atoms with Gasteiger partial charge in [0.25, 0.3) is 0 Å². The maximum absolute atomic E-state index is 12.3. The summed E-state index contributed by atoms with van der Waals surface area (Å²) in [5, 5.41) is 3.04. The first kappa shape index (κ1) is 19.2. The van der Waals surface area contributed by atoms with E-state index in [0.717, 1.165) is 12.8 Å². The zero-order valence-electron chi connectivity index (χ0n) is 12.9. The van der Waals surface area contributed by atoms with Crippen molar-refractivity contribution in [1.82, 2.24) is 10.2 Å². The molecule has 1 rings (SSSR count). The molecule has 0 aliphatic carbocycles. The molecular weight excluding hydrogens is 278 g/mol. The molecule has 118 valence electrons. The number of nitrogens with two attached hydrogens (primary N) is 1. The van der Waals surface area contributed by atoms with Gasteiger partial charge in [0.1, 0.15) is 0 Å². The zero-order valence-corrected chi connectivity index (χ0v) is 13.8. The van der Waals surface area contributed by atoms with Gasteiger partial charge in [-0.05, 0) is 25.7 Å². The van der Waals surface area contributed by atoms with Gasteiger partial charge in [0.2, 0.25) is 11.8 Å². The number of nitrogens with one attached hydrogen (secondary N) is 1. The van der Waals surface area contributed by atoms with Crippen LogP contribution in [0.2, 0.25) is 0 Å². The Hall–Kier alpha value is -0.810. The molecule has 0 spiro atoms. The molecule has 6 heteroatoms. The van der Waals surface area contributed by atoms with E-state index < -0.39 is 0 Å². The van der Waals surface area contributed by atoms with Crippen molar-refractivity contribution >= 4 is 24.2 Å². The number of rotatable bonds is 5. The van der Waals surface area contributed by atoms with Gasteiger partial charge in [0.05, 0.1) is 0 Å². The first-order valence-electron chi connectivity index (χ1n) is 7.03. The second-order valence-corrected chi connectivity index (χ2v) is 6.36. The number of amides is 2. The summed E-state index contributed by atoms with van der Waals surface area (Å²) in [5.74, 6) is 0.273. The highest BCUT2D eigenvalue weighted by Crippen LogP contribution is 2.21. The SMILES string of the molecule is CC(C)CC(C)(CN)NC(=O)C1CCN(C)C(=O)C1.Cl. The highest BCUT2D eigenvalue weighted by Gasteiger charge is 2.33. The van der Waals surface area contributed by atoms with E-state index in [4.69, 9.17) is 5.73 Å². The van der Waals surface area contributed by atoms with Gasteiger partial charge in [-0.1, -0.05) is 13.8 Å². The number of halogens is 1. The summed E-state index contributed by atoms with van der Waals surface area (Å²) >= 11 is 0. The van der Waals surface area contributed by atoms with Crippen molar-refractivity contribution in [3.05, 3.63) is 0 Å². The van der Waals surface area contributed by atoms with Gasteiger partial charge < -0.3 is 16.0 Å². The lowest BCUT2D eigenvalue weighted by molar-refractivity contribution is -0.139. The van der Waals surface area contributed by atoms with Crippen LogP contribution in [-0.2, 0) is 9.59 Å². The minimum Gasteiger partial charge on any atom is -0.349 e. The molecule has 1 aliphatic rings. The van der Waals surface area contributed by atoms with Gasteiger partial charge >= 0.3 is 0 Å². The van der Waals surface area contributed by atoms with E-state index in [-0.39, 0.29) is 35.7 Å². The van der Waals surface area contributed by atoms with E-state index in [0.29, 0.717) is 25.4 Å². The Morgan fingerprint density at radius 1 is 1.55 bits per heavy atom. The summed E-state index contributed by atoms with van der Waals surface area (Å²) in [7, 11) is 1.78. The number of piperidine rings is 1. The van der Waals surface area contributed by atoms with Crippen molar-refractivity contribution in [1.29, 1.82) is 0 Å². The Bertz CT molecular complexity index is 349. The third-order valence-corrected chi connectivity index (χ3v) is 3.76. The maximum atomic E-state index is 12.3. The number of hydrogen-bond acceptors (Lipinski definition) is 3. The minimum atomic E-state index is -0.377. The van der Waals surface area contributed by atoms with Gasteiger partial charge in [0.15, 0.2) is 0 Å². The van der Waals surface area contributed by atoms with Crippen LogP contribution in [0.5, 0.6) is 0 Å². The van der Waals surface area contributed by atoms with E-state index in [1.165, 1.54) is 0 Å². The molecule has 0 bridgehead atoms. The largest absolute Gasteiger partial charge is 0.349 e. The third kappa shape index (κ3) is 5.29. The zero-order chi connectivity index (χ0) is 14.6. The molecule has 0 aromatic carbocycles. The molecule has 2 amide bonds. The molecule has 1 fully saturated rings. The average molecular weight is 306 g/mol. The fourth-order valence-electron chi connectivity index (χ4n) is 2.65. The van der Waals surface area contributed by atoms with E-state index >= 15 is 0 Å². The summed E-state index contributed by atoms with van der Waals surface area (Å²) < 4.78 is 0. The molecule has 1 aliphatic heterocycles. The Balaban J connectivity index is 0.00000361. The lowest BCUT2D eigenvalue weighted by Crippen LogP contribution is -2.55. The molecule has 0 saturated carbocycles.